The van der Waals surface area contributed by atoms with Gasteiger partial charge in [0.15, 0.2) is 11.5 Å². The summed E-state index contributed by atoms with van der Waals surface area (Å²) in [4.78, 5) is 18.0. The minimum Gasteiger partial charge on any atom is -0.486 e. The number of fused-ring (bicyclic) bond motifs is 2. The fraction of sp³-hybridized carbons (Fsp3) is 0.423. The summed E-state index contributed by atoms with van der Waals surface area (Å²) in [5.41, 5.74) is 1.95. The second-order valence-electron chi connectivity index (χ2n) is 8.69. The molecule has 5 rings (SSSR count). The molecule has 2 fully saturated rings. The number of piperidine rings is 2. The van der Waals surface area contributed by atoms with Crippen molar-refractivity contribution in [1.82, 2.24) is 9.80 Å². The Bertz CT molecular complexity index is 943. The molecule has 162 valence electrons. The molecule has 0 bridgehead atoms. The van der Waals surface area contributed by atoms with E-state index in [0.717, 1.165) is 44.8 Å². The molecule has 31 heavy (non-hydrogen) atoms. The molecule has 0 aromatic heterocycles. The van der Waals surface area contributed by atoms with Crippen LogP contribution < -0.4 is 9.47 Å². The molecule has 3 aliphatic rings. The highest BCUT2D eigenvalue weighted by molar-refractivity contribution is 5.95. The Morgan fingerprint density at radius 2 is 1.84 bits per heavy atom. The van der Waals surface area contributed by atoms with Crippen molar-refractivity contribution in [3.63, 3.8) is 0 Å². The predicted octanol–water partition coefficient (Wildman–Crippen LogP) is 4.10. The zero-order valence-electron chi connectivity index (χ0n) is 17.9. The van der Waals surface area contributed by atoms with Crippen LogP contribution in [0.5, 0.6) is 11.5 Å². The van der Waals surface area contributed by atoms with E-state index in [-0.39, 0.29) is 5.91 Å². The number of nitrogens with zero attached hydrogens (tertiary/aromatic N) is 2. The third-order valence-electron chi connectivity index (χ3n) is 6.68. The zero-order chi connectivity index (χ0) is 21.0. The number of ether oxygens (including phenoxy) is 2. The van der Waals surface area contributed by atoms with E-state index in [1.807, 2.05) is 24.3 Å². The van der Waals surface area contributed by atoms with Gasteiger partial charge in [0.05, 0.1) is 0 Å². The molecule has 0 spiro atoms. The number of amides is 1. The second kappa shape index (κ2) is 9.15. The van der Waals surface area contributed by atoms with Gasteiger partial charge in [0, 0.05) is 37.8 Å². The van der Waals surface area contributed by atoms with Gasteiger partial charge in [-0.05, 0) is 48.9 Å². The fourth-order valence-corrected chi connectivity index (χ4v) is 5.14. The fourth-order valence-electron chi connectivity index (χ4n) is 5.14. The van der Waals surface area contributed by atoms with Gasteiger partial charge >= 0.3 is 0 Å². The van der Waals surface area contributed by atoms with E-state index in [0.29, 0.717) is 36.5 Å². The van der Waals surface area contributed by atoms with Crippen molar-refractivity contribution in [3.05, 3.63) is 65.7 Å². The molecule has 2 atom stereocenters. The highest BCUT2D eigenvalue weighted by atomic mass is 16.6. The molecule has 1 amide bonds. The average molecular weight is 419 g/mol. The monoisotopic (exact) mass is 418 g/mol. The third kappa shape index (κ3) is 4.47. The van der Waals surface area contributed by atoms with Crippen LogP contribution in [-0.2, 0) is 0 Å². The molecule has 2 aromatic rings. The Morgan fingerprint density at radius 3 is 2.71 bits per heavy atom. The van der Waals surface area contributed by atoms with Crippen LogP contribution in [-0.4, -0.2) is 61.1 Å². The van der Waals surface area contributed by atoms with Gasteiger partial charge < -0.3 is 14.4 Å². The molecule has 2 aromatic carbocycles. The minimum atomic E-state index is 0.129. The summed E-state index contributed by atoms with van der Waals surface area (Å²) < 4.78 is 11.3. The Kier molecular flexibility index (Phi) is 5.94. The molecule has 3 aliphatic heterocycles. The largest absolute Gasteiger partial charge is 0.486 e. The molecule has 0 saturated carbocycles. The van der Waals surface area contributed by atoms with E-state index < -0.39 is 0 Å². The van der Waals surface area contributed by atoms with Crippen molar-refractivity contribution in [2.45, 2.75) is 25.3 Å². The molecule has 0 N–H and O–H groups in total. The van der Waals surface area contributed by atoms with E-state index in [2.05, 4.69) is 46.2 Å². The Morgan fingerprint density at radius 1 is 1.00 bits per heavy atom. The first-order valence-corrected chi connectivity index (χ1v) is 11.4. The molecular formula is C26H30N2O3. The van der Waals surface area contributed by atoms with Crippen LogP contribution in [0.4, 0.5) is 0 Å². The number of hydrogen-bond acceptors (Lipinski definition) is 4. The number of benzene rings is 2. The zero-order valence-corrected chi connectivity index (χ0v) is 17.9. The van der Waals surface area contributed by atoms with Crippen LogP contribution in [0, 0.1) is 5.92 Å². The Balaban J connectivity index is 1.22. The van der Waals surface area contributed by atoms with Crippen LogP contribution in [0.3, 0.4) is 0 Å². The molecule has 2 saturated heterocycles. The van der Waals surface area contributed by atoms with E-state index in [9.17, 15) is 4.79 Å². The molecule has 0 unspecified atom stereocenters. The van der Waals surface area contributed by atoms with E-state index in [4.69, 9.17) is 9.47 Å². The summed E-state index contributed by atoms with van der Waals surface area (Å²) in [5.74, 6) is 2.10. The number of rotatable bonds is 4. The number of likely N-dealkylation sites (tertiary alicyclic amines) is 2. The highest BCUT2D eigenvalue weighted by Gasteiger charge is 2.38. The van der Waals surface area contributed by atoms with Crippen molar-refractivity contribution >= 4 is 12.0 Å². The maximum atomic E-state index is 13.4. The van der Waals surface area contributed by atoms with Crippen LogP contribution in [0.2, 0.25) is 0 Å². The summed E-state index contributed by atoms with van der Waals surface area (Å²) in [6.07, 6.45) is 7.78. The van der Waals surface area contributed by atoms with Gasteiger partial charge in [-0.1, -0.05) is 42.5 Å². The van der Waals surface area contributed by atoms with Crippen LogP contribution in [0.25, 0.3) is 6.08 Å². The van der Waals surface area contributed by atoms with Crippen molar-refractivity contribution in [2.24, 2.45) is 5.92 Å². The molecule has 5 nitrogen and oxygen atoms in total. The lowest BCUT2D eigenvalue weighted by molar-refractivity contribution is 0.0226. The van der Waals surface area contributed by atoms with Crippen molar-refractivity contribution < 1.29 is 14.3 Å². The van der Waals surface area contributed by atoms with Crippen LogP contribution in [0.15, 0.2) is 54.6 Å². The smallest absolute Gasteiger partial charge is 0.254 e. The highest BCUT2D eigenvalue weighted by Crippen LogP contribution is 2.34. The standard InChI is InChI=1S/C26H30N2O3/c29-26(21-10-11-24-25(18-21)31-17-16-30-24)28-14-5-9-22-19-27(15-12-23(22)28)13-4-8-20-6-2-1-3-7-20/h1-4,6-8,10-11,18,22-23H,5,9,12-17,19H2/t22-,23-/m1/s1. The van der Waals surface area contributed by atoms with E-state index in [1.165, 1.54) is 12.0 Å². The lowest BCUT2D eigenvalue weighted by atomic mass is 9.83. The summed E-state index contributed by atoms with van der Waals surface area (Å²) in [5, 5.41) is 0. The normalized spacial score (nSPS) is 23.5. The first-order valence-electron chi connectivity index (χ1n) is 11.4. The Hall–Kier alpha value is -2.79. The average Bonchev–Trinajstić information content (AvgIpc) is 2.83. The maximum Gasteiger partial charge on any atom is 0.254 e. The summed E-state index contributed by atoms with van der Waals surface area (Å²) in [6, 6.07) is 16.4. The first-order chi connectivity index (χ1) is 15.3. The van der Waals surface area contributed by atoms with Gasteiger partial charge in [-0.15, -0.1) is 0 Å². The van der Waals surface area contributed by atoms with Gasteiger partial charge in [0.2, 0.25) is 0 Å². The molecular weight excluding hydrogens is 388 g/mol. The molecule has 0 aliphatic carbocycles. The quantitative estimate of drug-likeness (QED) is 0.750. The SMILES string of the molecule is O=C(c1ccc2c(c1)OCCO2)N1CCC[C@@H]2CN(CC=Cc3ccccc3)CC[C@H]21. The molecule has 3 heterocycles. The lowest BCUT2D eigenvalue weighted by Crippen LogP contribution is -2.55. The molecule has 5 heteroatoms. The number of carbonyl (C=O) groups excluding carboxylic acids is 1. The first kappa shape index (κ1) is 20.1. The minimum absolute atomic E-state index is 0.129. The van der Waals surface area contributed by atoms with Crippen molar-refractivity contribution in [2.75, 3.05) is 39.4 Å². The second-order valence-corrected chi connectivity index (χ2v) is 8.69. The van der Waals surface area contributed by atoms with Crippen LogP contribution >= 0.6 is 0 Å². The van der Waals surface area contributed by atoms with Gasteiger partial charge in [-0.2, -0.15) is 0 Å². The number of carbonyl (C=O) groups is 1. The summed E-state index contributed by atoms with van der Waals surface area (Å²) >= 11 is 0. The third-order valence-corrected chi connectivity index (χ3v) is 6.68. The van der Waals surface area contributed by atoms with E-state index >= 15 is 0 Å². The van der Waals surface area contributed by atoms with Crippen molar-refractivity contribution in [1.29, 1.82) is 0 Å². The lowest BCUT2D eigenvalue weighted by Gasteiger charge is -2.47. The van der Waals surface area contributed by atoms with E-state index in [1.54, 1.807) is 0 Å². The summed E-state index contributed by atoms with van der Waals surface area (Å²) in [6.45, 7) is 5.01. The Labute approximate surface area is 184 Å². The van der Waals surface area contributed by atoms with Gasteiger partial charge in [-0.25, -0.2) is 0 Å². The van der Waals surface area contributed by atoms with Crippen LogP contribution in [0.1, 0.15) is 35.2 Å². The van der Waals surface area contributed by atoms with Gasteiger partial charge in [0.1, 0.15) is 13.2 Å². The predicted molar refractivity (Wildman–Crippen MR) is 122 cm³/mol. The maximum absolute atomic E-state index is 13.4. The molecule has 0 radical (unpaired) electrons. The van der Waals surface area contributed by atoms with Gasteiger partial charge in [0.25, 0.3) is 5.91 Å². The van der Waals surface area contributed by atoms with Crippen molar-refractivity contribution in [3.8, 4) is 11.5 Å². The van der Waals surface area contributed by atoms with Gasteiger partial charge in [-0.3, -0.25) is 9.69 Å². The summed E-state index contributed by atoms with van der Waals surface area (Å²) in [7, 11) is 0. The number of hydrogen-bond donors (Lipinski definition) is 0. The topological polar surface area (TPSA) is 42.0 Å².